The molecule has 0 saturated carbocycles. The molecule has 2 N–H and O–H groups in total. The predicted octanol–water partition coefficient (Wildman–Crippen LogP) is 3.30. The number of H-pyrrole nitrogens is 1. The zero-order chi connectivity index (χ0) is 22.7. The van der Waals surface area contributed by atoms with Gasteiger partial charge in [-0.05, 0) is 62.4 Å². The summed E-state index contributed by atoms with van der Waals surface area (Å²) in [7, 11) is 3.20. The quantitative estimate of drug-likeness (QED) is 0.582. The lowest BCUT2D eigenvalue weighted by molar-refractivity contribution is -0.125. The van der Waals surface area contributed by atoms with E-state index in [0.29, 0.717) is 43.7 Å². The lowest BCUT2D eigenvalue weighted by Crippen LogP contribution is -2.30. The highest BCUT2D eigenvalue weighted by Crippen LogP contribution is 2.24. The van der Waals surface area contributed by atoms with Crippen LogP contribution in [0.2, 0.25) is 0 Å². The van der Waals surface area contributed by atoms with Crippen molar-refractivity contribution in [2.24, 2.45) is 5.92 Å². The fourth-order valence-corrected chi connectivity index (χ4v) is 4.20. The summed E-state index contributed by atoms with van der Waals surface area (Å²) in [6, 6.07) is 13.4. The minimum atomic E-state index is -0.129. The molecule has 1 aliphatic carbocycles. The van der Waals surface area contributed by atoms with E-state index < -0.39 is 0 Å². The highest BCUT2D eigenvalue weighted by Gasteiger charge is 2.26. The van der Waals surface area contributed by atoms with Crippen molar-refractivity contribution in [1.29, 1.82) is 0 Å². The van der Waals surface area contributed by atoms with Crippen LogP contribution in [0.4, 0.5) is 0 Å². The van der Waals surface area contributed by atoms with E-state index in [-0.39, 0.29) is 17.4 Å². The minimum absolute atomic E-state index is 0.01000. The molecule has 1 heterocycles. The number of aryl methyl sites for hydroxylation is 2. The van der Waals surface area contributed by atoms with Crippen LogP contribution in [0, 0.1) is 12.8 Å². The van der Waals surface area contributed by atoms with E-state index in [1.54, 1.807) is 25.0 Å². The van der Waals surface area contributed by atoms with Crippen molar-refractivity contribution in [3.8, 4) is 17.2 Å². The SMILES string of the molecule is COc1cc(CNC(=O)C2CCc3[nH]n(-c4ccc(C)cc4)c(=O)c3CC2)cc(OC)c1. The Labute approximate surface area is 187 Å². The summed E-state index contributed by atoms with van der Waals surface area (Å²) >= 11 is 0. The molecule has 1 aliphatic rings. The van der Waals surface area contributed by atoms with E-state index >= 15 is 0 Å². The molecule has 3 aromatic rings. The number of hydrogen-bond acceptors (Lipinski definition) is 4. The van der Waals surface area contributed by atoms with Crippen molar-refractivity contribution >= 4 is 5.91 Å². The topological polar surface area (TPSA) is 85.4 Å². The summed E-state index contributed by atoms with van der Waals surface area (Å²) in [5.41, 5.74) is 4.59. The molecule has 1 atom stereocenters. The van der Waals surface area contributed by atoms with E-state index in [1.807, 2.05) is 43.3 Å². The van der Waals surface area contributed by atoms with Gasteiger partial charge in [-0.15, -0.1) is 0 Å². The Kier molecular flexibility index (Phi) is 6.35. The standard InChI is InChI=1S/C25H29N3O4/c1-16-4-8-19(9-5-16)28-25(30)22-10-6-18(7-11-23(22)27-28)24(29)26-15-17-12-20(31-2)14-21(13-17)32-3/h4-5,8-9,12-14,18,27H,6-7,10-11,15H2,1-3H3,(H,26,29). The van der Waals surface area contributed by atoms with Gasteiger partial charge in [-0.3, -0.25) is 14.7 Å². The zero-order valence-corrected chi connectivity index (χ0v) is 18.7. The van der Waals surface area contributed by atoms with Gasteiger partial charge in [-0.2, -0.15) is 0 Å². The first-order chi connectivity index (χ1) is 15.5. The number of nitrogens with one attached hydrogen (secondary N) is 2. The molecule has 7 heteroatoms. The summed E-state index contributed by atoms with van der Waals surface area (Å²) < 4.78 is 12.2. The Morgan fingerprint density at radius 3 is 2.38 bits per heavy atom. The average Bonchev–Trinajstić information content (AvgIpc) is 2.98. The number of nitrogens with zero attached hydrogens (tertiary/aromatic N) is 1. The molecule has 7 nitrogen and oxygen atoms in total. The molecule has 4 rings (SSSR count). The third kappa shape index (κ3) is 4.56. The molecule has 2 aromatic carbocycles. The van der Waals surface area contributed by atoms with Gasteiger partial charge in [0.1, 0.15) is 11.5 Å². The largest absolute Gasteiger partial charge is 0.497 e. The fourth-order valence-electron chi connectivity index (χ4n) is 4.20. The average molecular weight is 436 g/mol. The maximum Gasteiger partial charge on any atom is 0.274 e. The van der Waals surface area contributed by atoms with Gasteiger partial charge < -0.3 is 14.8 Å². The van der Waals surface area contributed by atoms with E-state index in [4.69, 9.17) is 9.47 Å². The molecular formula is C25H29N3O4. The zero-order valence-electron chi connectivity index (χ0n) is 18.7. The van der Waals surface area contributed by atoms with Crippen LogP contribution in [0.1, 0.15) is 35.2 Å². The smallest absolute Gasteiger partial charge is 0.274 e. The highest BCUT2D eigenvalue weighted by atomic mass is 16.5. The molecule has 32 heavy (non-hydrogen) atoms. The lowest BCUT2D eigenvalue weighted by atomic mass is 9.98. The van der Waals surface area contributed by atoms with E-state index in [0.717, 1.165) is 28.1 Å². The van der Waals surface area contributed by atoms with Crippen LogP contribution in [0.3, 0.4) is 0 Å². The number of ether oxygens (including phenoxy) is 2. The molecule has 0 radical (unpaired) electrons. The molecule has 1 amide bonds. The third-order valence-corrected chi connectivity index (χ3v) is 6.10. The summed E-state index contributed by atoms with van der Waals surface area (Å²) in [5.74, 6) is 1.25. The van der Waals surface area contributed by atoms with Gasteiger partial charge in [0, 0.05) is 29.8 Å². The van der Waals surface area contributed by atoms with Crippen LogP contribution in [0.25, 0.3) is 5.69 Å². The predicted molar refractivity (Wildman–Crippen MR) is 123 cm³/mol. The van der Waals surface area contributed by atoms with Gasteiger partial charge in [0.2, 0.25) is 5.91 Å². The Morgan fingerprint density at radius 2 is 1.72 bits per heavy atom. The monoisotopic (exact) mass is 435 g/mol. The van der Waals surface area contributed by atoms with Gasteiger partial charge in [0.15, 0.2) is 0 Å². The number of rotatable bonds is 6. The van der Waals surface area contributed by atoms with Crippen molar-refractivity contribution < 1.29 is 14.3 Å². The third-order valence-electron chi connectivity index (χ3n) is 6.10. The van der Waals surface area contributed by atoms with Gasteiger partial charge in [0.25, 0.3) is 5.56 Å². The second-order valence-electron chi connectivity index (χ2n) is 8.26. The lowest BCUT2D eigenvalue weighted by Gasteiger charge is -2.15. The fraction of sp³-hybridized carbons (Fsp3) is 0.360. The van der Waals surface area contributed by atoms with Crippen molar-refractivity contribution in [3.63, 3.8) is 0 Å². The van der Waals surface area contributed by atoms with Crippen LogP contribution in [-0.2, 0) is 24.2 Å². The molecule has 1 unspecified atom stereocenters. The molecule has 0 saturated heterocycles. The maximum absolute atomic E-state index is 13.0. The molecule has 168 valence electrons. The first-order valence-corrected chi connectivity index (χ1v) is 10.9. The van der Waals surface area contributed by atoms with Crippen molar-refractivity contribution in [2.45, 2.75) is 39.2 Å². The minimum Gasteiger partial charge on any atom is -0.497 e. The second-order valence-corrected chi connectivity index (χ2v) is 8.26. The molecule has 0 bridgehead atoms. The van der Waals surface area contributed by atoms with Crippen molar-refractivity contribution in [3.05, 3.63) is 75.2 Å². The van der Waals surface area contributed by atoms with Gasteiger partial charge in [0.05, 0.1) is 19.9 Å². The Balaban J connectivity index is 1.41. The Bertz CT molecular complexity index is 1140. The molecule has 0 spiro atoms. The van der Waals surface area contributed by atoms with Crippen LogP contribution in [0.15, 0.2) is 47.3 Å². The van der Waals surface area contributed by atoms with Crippen molar-refractivity contribution in [1.82, 2.24) is 15.1 Å². The van der Waals surface area contributed by atoms with E-state index in [1.165, 1.54) is 0 Å². The van der Waals surface area contributed by atoms with Gasteiger partial charge in [-0.1, -0.05) is 17.7 Å². The molecule has 0 fully saturated rings. The number of aromatic nitrogens is 2. The van der Waals surface area contributed by atoms with Crippen LogP contribution < -0.4 is 20.3 Å². The van der Waals surface area contributed by atoms with Gasteiger partial charge in [-0.25, -0.2) is 4.68 Å². The Morgan fingerprint density at radius 1 is 1.06 bits per heavy atom. The summed E-state index contributed by atoms with van der Waals surface area (Å²) in [6.07, 6.45) is 2.62. The van der Waals surface area contributed by atoms with Crippen LogP contribution in [-0.4, -0.2) is 29.9 Å². The maximum atomic E-state index is 13.0. The normalized spacial score (nSPS) is 15.5. The number of amides is 1. The number of methoxy groups -OCH3 is 2. The van der Waals surface area contributed by atoms with E-state index in [2.05, 4.69) is 10.4 Å². The summed E-state index contributed by atoms with van der Waals surface area (Å²) in [6.45, 7) is 2.42. The van der Waals surface area contributed by atoms with Gasteiger partial charge >= 0.3 is 0 Å². The molecular weight excluding hydrogens is 406 g/mol. The number of benzene rings is 2. The number of carbonyl (C=O) groups is 1. The van der Waals surface area contributed by atoms with Crippen molar-refractivity contribution in [2.75, 3.05) is 14.2 Å². The number of carbonyl (C=O) groups excluding carboxylic acids is 1. The highest BCUT2D eigenvalue weighted by molar-refractivity contribution is 5.78. The molecule has 0 aliphatic heterocycles. The number of fused-ring (bicyclic) bond motifs is 1. The number of hydrogen-bond donors (Lipinski definition) is 2. The first-order valence-electron chi connectivity index (χ1n) is 10.9. The van der Waals surface area contributed by atoms with Crippen LogP contribution in [0.5, 0.6) is 11.5 Å². The number of aromatic amines is 1. The van der Waals surface area contributed by atoms with Crippen LogP contribution >= 0.6 is 0 Å². The first kappa shape index (κ1) is 21.7. The Hall–Kier alpha value is -3.48. The molecule has 1 aromatic heterocycles. The second kappa shape index (κ2) is 9.34. The summed E-state index contributed by atoms with van der Waals surface area (Å²) in [5, 5.41) is 6.30. The summed E-state index contributed by atoms with van der Waals surface area (Å²) in [4.78, 5) is 25.8. The van der Waals surface area contributed by atoms with E-state index in [9.17, 15) is 9.59 Å².